The lowest BCUT2D eigenvalue weighted by Crippen LogP contribution is -2.18. The predicted molar refractivity (Wildman–Crippen MR) is 44.6 cm³/mol. The Kier molecular flexibility index (Phi) is 3.28. The third-order valence-corrected chi connectivity index (χ3v) is 1.71. The molecule has 0 fully saturated rings. The first-order valence-electron chi connectivity index (χ1n) is 3.62. The van der Waals surface area contributed by atoms with Gasteiger partial charge in [-0.1, -0.05) is 11.6 Å². The minimum atomic E-state index is -4.99. The van der Waals surface area contributed by atoms with Gasteiger partial charge in [-0.25, -0.2) is 4.39 Å². The number of hydrogen-bond acceptors (Lipinski definition) is 2. The standard InChI is InChI=1S/C8H5ClF4O2/c1-14-4-2-5(9)7(6(10)3-4)15-8(11,12)13/h2-3H,1H3. The number of hydrogen-bond donors (Lipinski definition) is 0. The van der Waals surface area contributed by atoms with Crippen molar-refractivity contribution in [1.82, 2.24) is 0 Å². The highest BCUT2D eigenvalue weighted by Gasteiger charge is 2.33. The highest BCUT2D eigenvalue weighted by Crippen LogP contribution is 2.35. The van der Waals surface area contributed by atoms with E-state index in [1.165, 1.54) is 7.11 Å². The summed E-state index contributed by atoms with van der Waals surface area (Å²) in [6.07, 6.45) is -4.99. The lowest BCUT2D eigenvalue weighted by atomic mass is 10.3. The topological polar surface area (TPSA) is 18.5 Å². The summed E-state index contributed by atoms with van der Waals surface area (Å²) in [7, 11) is 1.23. The quantitative estimate of drug-likeness (QED) is 0.743. The van der Waals surface area contributed by atoms with E-state index in [0.29, 0.717) is 0 Å². The van der Waals surface area contributed by atoms with Crippen LogP contribution in [-0.4, -0.2) is 13.5 Å². The lowest BCUT2D eigenvalue weighted by Gasteiger charge is -2.11. The van der Waals surface area contributed by atoms with E-state index in [1.807, 2.05) is 0 Å². The van der Waals surface area contributed by atoms with E-state index in [9.17, 15) is 17.6 Å². The Labute approximate surface area is 87.4 Å². The van der Waals surface area contributed by atoms with Crippen LogP contribution in [0.1, 0.15) is 0 Å². The highest BCUT2D eigenvalue weighted by atomic mass is 35.5. The largest absolute Gasteiger partial charge is 0.573 e. The first kappa shape index (κ1) is 11.9. The lowest BCUT2D eigenvalue weighted by molar-refractivity contribution is -0.275. The molecule has 2 nitrogen and oxygen atoms in total. The third-order valence-electron chi connectivity index (χ3n) is 1.43. The van der Waals surface area contributed by atoms with Crippen LogP contribution in [-0.2, 0) is 0 Å². The number of halogens is 5. The molecule has 15 heavy (non-hydrogen) atoms. The monoisotopic (exact) mass is 244 g/mol. The molecule has 0 N–H and O–H groups in total. The Morgan fingerprint density at radius 2 is 1.87 bits per heavy atom. The van der Waals surface area contributed by atoms with Crippen molar-refractivity contribution in [3.63, 3.8) is 0 Å². The third kappa shape index (κ3) is 3.16. The molecule has 0 spiro atoms. The van der Waals surface area contributed by atoms with Crippen LogP contribution >= 0.6 is 11.6 Å². The van der Waals surface area contributed by atoms with E-state index in [4.69, 9.17) is 11.6 Å². The summed E-state index contributed by atoms with van der Waals surface area (Å²) in [5.74, 6) is -2.30. The van der Waals surface area contributed by atoms with Gasteiger partial charge < -0.3 is 9.47 Å². The average molecular weight is 245 g/mol. The van der Waals surface area contributed by atoms with Gasteiger partial charge in [0.15, 0.2) is 11.6 Å². The maximum Gasteiger partial charge on any atom is 0.573 e. The summed E-state index contributed by atoms with van der Waals surface area (Å²) in [5.41, 5.74) is 0. The van der Waals surface area contributed by atoms with Gasteiger partial charge in [0.2, 0.25) is 0 Å². The van der Waals surface area contributed by atoms with Crippen LogP contribution < -0.4 is 9.47 Å². The van der Waals surface area contributed by atoms with E-state index in [-0.39, 0.29) is 5.75 Å². The van der Waals surface area contributed by atoms with E-state index < -0.39 is 23.0 Å². The molecule has 0 aliphatic rings. The first-order chi connectivity index (χ1) is 6.83. The molecule has 0 heterocycles. The number of rotatable bonds is 2. The Balaban J connectivity index is 3.09. The molecule has 0 saturated heterocycles. The van der Waals surface area contributed by atoms with Crippen LogP contribution in [0.15, 0.2) is 12.1 Å². The van der Waals surface area contributed by atoms with E-state index in [2.05, 4.69) is 9.47 Å². The SMILES string of the molecule is COc1cc(F)c(OC(F)(F)F)c(Cl)c1. The van der Waals surface area contributed by atoms with Crippen LogP contribution in [0.25, 0.3) is 0 Å². The van der Waals surface area contributed by atoms with E-state index in [0.717, 1.165) is 12.1 Å². The van der Waals surface area contributed by atoms with Crippen molar-refractivity contribution in [2.75, 3.05) is 7.11 Å². The number of benzene rings is 1. The van der Waals surface area contributed by atoms with Gasteiger partial charge in [-0.2, -0.15) is 0 Å². The van der Waals surface area contributed by atoms with Crippen molar-refractivity contribution in [2.45, 2.75) is 6.36 Å². The molecule has 7 heteroatoms. The predicted octanol–water partition coefficient (Wildman–Crippen LogP) is 3.39. The Morgan fingerprint density at radius 3 is 2.27 bits per heavy atom. The fraction of sp³-hybridized carbons (Fsp3) is 0.250. The van der Waals surface area contributed by atoms with Crippen molar-refractivity contribution in [1.29, 1.82) is 0 Å². The Hall–Kier alpha value is -1.17. The van der Waals surface area contributed by atoms with Crippen LogP contribution in [0, 0.1) is 5.82 Å². The molecular formula is C8H5ClF4O2. The highest BCUT2D eigenvalue weighted by molar-refractivity contribution is 6.32. The van der Waals surface area contributed by atoms with Gasteiger partial charge in [-0.05, 0) is 0 Å². The Morgan fingerprint density at radius 1 is 1.27 bits per heavy atom. The molecule has 0 bridgehead atoms. The fourth-order valence-corrected chi connectivity index (χ4v) is 1.10. The minimum Gasteiger partial charge on any atom is -0.497 e. The van der Waals surface area contributed by atoms with Crippen molar-refractivity contribution in [2.24, 2.45) is 0 Å². The van der Waals surface area contributed by atoms with Crippen LogP contribution in [0.5, 0.6) is 11.5 Å². The molecule has 1 aromatic rings. The zero-order chi connectivity index (χ0) is 11.6. The van der Waals surface area contributed by atoms with Gasteiger partial charge in [0.1, 0.15) is 5.75 Å². The normalized spacial score (nSPS) is 11.3. The second-order valence-electron chi connectivity index (χ2n) is 2.47. The summed E-state index contributed by atoms with van der Waals surface area (Å²) >= 11 is 5.37. The minimum absolute atomic E-state index is 0.00650. The van der Waals surface area contributed by atoms with Crippen molar-refractivity contribution in [3.05, 3.63) is 23.0 Å². The first-order valence-corrected chi connectivity index (χ1v) is 4.00. The maximum absolute atomic E-state index is 13.0. The summed E-state index contributed by atoms with van der Waals surface area (Å²) in [6.45, 7) is 0. The van der Waals surface area contributed by atoms with Crippen LogP contribution in [0.3, 0.4) is 0 Å². The molecule has 84 valence electrons. The molecule has 0 aromatic heterocycles. The smallest absolute Gasteiger partial charge is 0.497 e. The van der Waals surface area contributed by atoms with Crippen molar-refractivity contribution in [3.8, 4) is 11.5 Å². The van der Waals surface area contributed by atoms with Gasteiger partial charge >= 0.3 is 6.36 Å². The van der Waals surface area contributed by atoms with Gasteiger partial charge in [0.25, 0.3) is 0 Å². The van der Waals surface area contributed by atoms with Gasteiger partial charge in [0, 0.05) is 12.1 Å². The Bertz CT molecular complexity index is 341. The molecule has 1 aromatic carbocycles. The fourth-order valence-electron chi connectivity index (χ4n) is 0.868. The summed E-state index contributed by atoms with van der Waals surface area (Å²) in [4.78, 5) is 0. The molecule has 0 aliphatic carbocycles. The molecule has 0 saturated carbocycles. The van der Waals surface area contributed by atoms with E-state index in [1.54, 1.807) is 0 Å². The second kappa shape index (κ2) is 4.14. The van der Waals surface area contributed by atoms with Gasteiger partial charge in [-0.3, -0.25) is 0 Å². The number of ether oxygens (including phenoxy) is 2. The molecule has 0 radical (unpaired) electrons. The summed E-state index contributed by atoms with van der Waals surface area (Å²) < 4.78 is 56.5. The van der Waals surface area contributed by atoms with Crippen LogP contribution in [0.2, 0.25) is 5.02 Å². The van der Waals surface area contributed by atoms with Crippen molar-refractivity contribution >= 4 is 11.6 Å². The van der Waals surface area contributed by atoms with Gasteiger partial charge in [0.05, 0.1) is 12.1 Å². The number of methoxy groups -OCH3 is 1. The zero-order valence-electron chi connectivity index (χ0n) is 7.36. The molecular weight excluding hydrogens is 240 g/mol. The average Bonchev–Trinajstić information content (AvgIpc) is 2.09. The summed E-state index contributed by atoms with van der Waals surface area (Å²) in [5, 5.41) is -0.510. The summed E-state index contributed by atoms with van der Waals surface area (Å²) in [6, 6.07) is 1.76. The van der Waals surface area contributed by atoms with E-state index >= 15 is 0 Å². The molecule has 0 amide bonds. The molecule has 0 aliphatic heterocycles. The molecule has 0 unspecified atom stereocenters. The second-order valence-corrected chi connectivity index (χ2v) is 2.88. The maximum atomic E-state index is 13.0. The molecule has 0 atom stereocenters. The van der Waals surface area contributed by atoms with Gasteiger partial charge in [-0.15, -0.1) is 13.2 Å². The number of alkyl halides is 3. The molecule has 1 rings (SSSR count). The van der Waals surface area contributed by atoms with Crippen molar-refractivity contribution < 1.29 is 27.0 Å². The van der Waals surface area contributed by atoms with Crippen LogP contribution in [0.4, 0.5) is 17.6 Å². The zero-order valence-corrected chi connectivity index (χ0v) is 8.12.